The van der Waals surface area contributed by atoms with Crippen molar-refractivity contribution in [3.8, 4) is 22.5 Å². The molecule has 0 aliphatic rings. The Kier molecular flexibility index (Phi) is 8.44. The van der Waals surface area contributed by atoms with Gasteiger partial charge < -0.3 is 13.8 Å². The normalized spacial score (nSPS) is 13.4. The molecule has 7 rings (SSSR count). The van der Waals surface area contributed by atoms with Gasteiger partial charge in [-0.3, -0.25) is 4.98 Å². The van der Waals surface area contributed by atoms with Crippen LogP contribution in [0.4, 0.5) is 0 Å². The van der Waals surface area contributed by atoms with Gasteiger partial charge in [-0.15, -0.1) is 53.6 Å². The summed E-state index contributed by atoms with van der Waals surface area (Å²) in [6.45, 7) is 16.5. The minimum Gasteiger partial charge on any atom is -0.497 e. The number of aromatic nitrogens is 4. The number of rotatable bonds is 2. The average Bonchev–Trinajstić information content (AvgIpc) is 3.67. The molecule has 1 radical (unpaired) electrons. The minimum atomic E-state index is -2.35. The second kappa shape index (κ2) is 13.0. The molecule has 0 saturated heterocycles. The first kappa shape index (κ1) is 31.1. The van der Waals surface area contributed by atoms with Crippen LogP contribution >= 0.6 is 0 Å². The Bertz CT molecular complexity index is 2310. The average molecular weight is 818 g/mol. The third kappa shape index (κ3) is 6.99. The zero-order valence-corrected chi connectivity index (χ0v) is 31.3. The molecule has 0 bridgehead atoms. The molecule has 7 aromatic rings. The number of benzene rings is 3. The first-order valence-electron chi connectivity index (χ1n) is 17.3. The molecule has 0 atom stereocenters. The number of hydrogen-bond donors (Lipinski definition) is 0. The van der Waals surface area contributed by atoms with Crippen molar-refractivity contribution in [2.45, 2.75) is 85.4 Å². The Balaban J connectivity index is 0.000000249. The van der Waals surface area contributed by atoms with Gasteiger partial charge in [-0.1, -0.05) is 98.3 Å². The standard InChI is InChI=1S/C26H26N3O2.C15H16N.Ir/c1-14-8-9-15(18-12-19(25(2,3)4)28-13-27-18)21-20(14)16-10-11-17-23(22(16)30-21)31-24(29-17)26(5,6)7;1-15(2,3)13-9-10-14(16-11-13)12-7-5-4-6-8-12;/h8,10-13H,1-7H3;4-7,9-11H,1-3H3;/q2*-1;/i1D3;;. The fourth-order valence-electron chi connectivity index (χ4n) is 5.23. The zero-order valence-electron chi connectivity index (χ0n) is 31.9. The Morgan fingerprint density at radius 1 is 0.729 bits per heavy atom. The first-order chi connectivity index (χ1) is 23.3. The molecule has 0 fully saturated rings. The van der Waals surface area contributed by atoms with E-state index in [-0.39, 0.29) is 41.9 Å². The summed E-state index contributed by atoms with van der Waals surface area (Å²) < 4.78 is 36.8. The second-order valence-electron chi connectivity index (χ2n) is 14.9. The second-order valence-corrected chi connectivity index (χ2v) is 14.9. The van der Waals surface area contributed by atoms with Crippen LogP contribution in [-0.2, 0) is 36.4 Å². The maximum atomic E-state index is 8.12. The van der Waals surface area contributed by atoms with Crippen LogP contribution in [0, 0.1) is 19.0 Å². The van der Waals surface area contributed by atoms with Crippen molar-refractivity contribution in [1.82, 2.24) is 19.9 Å². The molecule has 0 amide bonds. The van der Waals surface area contributed by atoms with E-state index in [4.69, 9.17) is 12.9 Å². The summed E-state index contributed by atoms with van der Waals surface area (Å²) in [5.74, 6) is 0.587. The first-order valence-corrected chi connectivity index (χ1v) is 15.8. The number of pyridine rings is 1. The van der Waals surface area contributed by atoms with Crippen molar-refractivity contribution in [1.29, 1.82) is 0 Å². The van der Waals surface area contributed by atoms with E-state index >= 15 is 0 Å². The predicted octanol–water partition coefficient (Wildman–Crippen LogP) is 10.7. The number of fused-ring (bicyclic) bond motifs is 5. The van der Waals surface area contributed by atoms with Crippen LogP contribution in [0.5, 0.6) is 0 Å². The summed E-state index contributed by atoms with van der Waals surface area (Å²) in [5, 5.41) is 1.17. The molecule has 0 saturated carbocycles. The molecule has 0 aliphatic carbocycles. The molecule has 0 N–H and O–H groups in total. The van der Waals surface area contributed by atoms with E-state index in [0.29, 0.717) is 50.2 Å². The van der Waals surface area contributed by atoms with Gasteiger partial charge in [0, 0.05) is 52.3 Å². The van der Waals surface area contributed by atoms with E-state index in [9.17, 15) is 0 Å². The molecule has 0 aliphatic heterocycles. The number of nitrogens with zero attached hydrogens (tertiary/aromatic N) is 4. The van der Waals surface area contributed by atoms with E-state index in [1.54, 1.807) is 0 Å². The van der Waals surface area contributed by atoms with Gasteiger partial charge in [0.15, 0.2) is 11.2 Å². The summed E-state index contributed by atoms with van der Waals surface area (Å²) in [5.41, 5.74) is 7.23. The van der Waals surface area contributed by atoms with E-state index in [0.717, 1.165) is 17.0 Å². The molecular formula is C41H42IrN4O2-2. The number of aryl methyl sites for hydroxylation is 1. The molecule has 0 unspecified atom stereocenters. The summed E-state index contributed by atoms with van der Waals surface area (Å²) in [7, 11) is 0. The number of oxazole rings is 1. The van der Waals surface area contributed by atoms with Crippen LogP contribution in [0.2, 0.25) is 0 Å². The molecular weight excluding hydrogens is 773 g/mol. The zero-order chi connectivity index (χ0) is 36.2. The topological polar surface area (TPSA) is 77.8 Å². The van der Waals surface area contributed by atoms with Crippen molar-refractivity contribution in [2.24, 2.45) is 0 Å². The van der Waals surface area contributed by atoms with Gasteiger partial charge in [0.05, 0.1) is 5.58 Å². The SMILES string of the molecule is CC(C)(C)c1ccc(-c2[c-]cccc2)nc1.[2H]C([2H])([2H])c1c[c-]c(-c2cc(C(C)(C)C)ncn2)c2oc3c(ccc4nc(C(C)(C)C)oc43)c12.[Ir]. The third-order valence-electron chi connectivity index (χ3n) is 8.02. The number of furan rings is 1. The van der Waals surface area contributed by atoms with Crippen LogP contribution in [0.15, 0.2) is 82.0 Å². The van der Waals surface area contributed by atoms with E-state index in [2.05, 4.69) is 85.7 Å². The van der Waals surface area contributed by atoms with E-state index in [1.807, 2.05) is 69.4 Å². The maximum Gasteiger partial charge on any atom is 0.201 e. The summed E-state index contributed by atoms with van der Waals surface area (Å²) in [4.78, 5) is 18.0. The smallest absolute Gasteiger partial charge is 0.201 e. The van der Waals surface area contributed by atoms with Gasteiger partial charge >= 0.3 is 0 Å². The molecule has 4 aromatic heterocycles. The molecule has 7 heteroatoms. The van der Waals surface area contributed by atoms with Crippen molar-refractivity contribution < 1.29 is 33.1 Å². The Hall–Kier alpha value is -4.19. The minimum absolute atomic E-state index is 0. The van der Waals surface area contributed by atoms with Gasteiger partial charge in [-0.25, -0.2) is 9.97 Å². The van der Waals surface area contributed by atoms with Gasteiger partial charge in [0.25, 0.3) is 0 Å². The summed E-state index contributed by atoms with van der Waals surface area (Å²) >= 11 is 0. The number of hydrogen-bond acceptors (Lipinski definition) is 6. The largest absolute Gasteiger partial charge is 0.497 e. The van der Waals surface area contributed by atoms with Crippen LogP contribution in [0.25, 0.3) is 55.6 Å². The van der Waals surface area contributed by atoms with Crippen LogP contribution in [0.3, 0.4) is 0 Å². The van der Waals surface area contributed by atoms with Gasteiger partial charge in [-0.05, 0) is 34.5 Å². The fourth-order valence-corrected chi connectivity index (χ4v) is 5.23. The monoisotopic (exact) mass is 818 g/mol. The summed E-state index contributed by atoms with van der Waals surface area (Å²) in [6, 6.07) is 25.5. The van der Waals surface area contributed by atoms with Crippen LogP contribution in [-0.4, -0.2) is 19.9 Å². The van der Waals surface area contributed by atoms with Crippen LogP contribution < -0.4 is 0 Å². The van der Waals surface area contributed by atoms with Gasteiger partial charge in [-0.2, -0.15) is 0 Å². The molecule has 0 spiro atoms. The Labute approximate surface area is 301 Å². The maximum absolute atomic E-state index is 8.12. The predicted molar refractivity (Wildman–Crippen MR) is 190 cm³/mol. The van der Waals surface area contributed by atoms with E-state index in [1.165, 1.54) is 18.0 Å². The van der Waals surface area contributed by atoms with E-state index < -0.39 is 6.85 Å². The molecule has 48 heavy (non-hydrogen) atoms. The van der Waals surface area contributed by atoms with Crippen molar-refractivity contribution in [3.05, 3.63) is 108 Å². The van der Waals surface area contributed by atoms with Crippen LogP contribution in [0.1, 0.15) is 89.1 Å². The quantitative estimate of drug-likeness (QED) is 0.162. The van der Waals surface area contributed by atoms with Gasteiger partial charge in [0.2, 0.25) is 5.89 Å². The molecule has 4 heterocycles. The Morgan fingerprint density at radius 2 is 1.52 bits per heavy atom. The van der Waals surface area contributed by atoms with Gasteiger partial charge in [0.1, 0.15) is 11.8 Å². The van der Waals surface area contributed by atoms with Crippen molar-refractivity contribution in [2.75, 3.05) is 0 Å². The van der Waals surface area contributed by atoms with Crippen molar-refractivity contribution in [3.63, 3.8) is 0 Å². The summed E-state index contributed by atoms with van der Waals surface area (Å²) in [6.07, 6.45) is 3.47. The third-order valence-corrected chi connectivity index (χ3v) is 8.02. The molecule has 3 aromatic carbocycles. The fraction of sp³-hybridized carbons (Fsp3) is 0.317. The van der Waals surface area contributed by atoms with Crippen molar-refractivity contribution >= 4 is 33.0 Å². The molecule has 249 valence electrons. The molecule has 6 nitrogen and oxygen atoms in total. The Morgan fingerprint density at radius 3 is 2.15 bits per heavy atom.